The van der Waals surface area contributed by atoms with Gasteiger partial charge >= 0.3 is 0 Å². The number of phenols is 1. The summed E-state index contributed by atoms with van der Waals surface area (Å²) in [6, 6.07) is 32.0. The maximum atomic E-state index is 14.2. The molecule has 5 nitrogen and oxygen atoms in total. The molecule has 0 bridgehead atoms. The molecule has 44 heavy (non-hydrogen) atoms. The Morgan fingerprint density at radius 3 is 2.07 bits per heavy atom. The minimum absolute atomic E-state index is 0.00379. The molecule has 0 aliphatic heterocycles. The van der Waals surface area contributed by atoms with Crippen LogP contribution in [0.3, 0.4) is 0 Å². The number of halogens is 3. The summed E-state index contributed by atoms with van der Waals surface area (Å²) in [6.45, 7) is -0.207. The van der Waals surface area contributed by atoms with Crippen molar-refractivity contribution < 1.29 is 22.7 Å². The first-order chi connectivity index (χ1) is 21.1. The fourth-order valence-electron chi connectivity index (χ4n) is 4.87. The number of nitrogens with zero attached hydrogens (tertiary/aromatic N) is 1. The van der Waals surface area contributed by atoms with E-state index in [0.29, 0.717) is 22.6 Å². The number of aromatic hydroxyl groups is 1. The number of ketones is 1. The lowest BCUT2D eigenvalue weighted by Gasteiger charge is -2.24. The van der Waals surface area contributed by atoms with Crippen LogP contribution in [0.5, 0.6) is 5.75 Å². The second-order valence-corrected chi connectivity index (χ2v) is 13.1. The third-order valence-corrected chi connectivity index (χ3v) is 9.45. The molecule has 5 aromatic carbocycles. The Hall–Kier alpha value is -4.01. The number of hydrogen-bond acceptors (Lipinski definition) is 4. The van der Waals surface area contributed by atoms with Crippen molar-refractivity contribution in [1.82, 2.24) is 4.31 Å². The average Bonchev–Trinajstić information content (AvgIpc) is 3.02. The first-order valence-electron chi connectivity index (χ1n) is 13.8. The highest BCUT2D eigenvalue weighted by Gasteiger charge is 2.31. The molecule has 0 unspecified atom stereocenters. The molecule has 0 amide bonds. The predicted octanol–water partition coefficient (Wildman–Crippen LogP) is 8.71. The highest BCUT2D eigenvalue weighted by atomic mass is 35.5. The Balaban J connectivity index is 1.50. The van der Waals surface area contributed by atoms with Crippen LogP contribution in [0.2, 0.25) is 10.0 Å². The zero-order valence-electron chi connectivity index (χ0n) is 23.5. The normalized spacial score (nSPS) is 11.5. The van der Waals surface area contributed by atoms with E-state index in [1.807, 2.05) is 60.7 Å². The highest BCUT2D eigenvalue weighted by molar-refractivity contribution is 7.89. The Morgan fingerprint density at radius 1 is 0.705 bits per heavy atom. The van der Waals surface area contributed by atoms with Crippen molar-refractivity contribution in [3.8, 4) is 16.9 Å². The molecule has 9 heteroatoms. The summed E-state index contributed by atoms with van der Waals surface area (Å²) in [5.41, 5.74) is 3.72. The van der Waals surface area contributed by atoms with E-state index in [4.69, 9.17) is 23.2 Å². The van der Waals surface area contributed by atoms with E-state index >= 15 is 0 Å². The van der Waals surface area contributed by atoms with Gasteiger partial charge in [0.15, 0.2) is 5.78 Å². The SMILES string of the molecule is O=C(CCc1ccccc1)c1cc(Cl)cc(S(=O)(=O)N(Cc2ccc(F)cc2)Cc2cccc(-c3ccc(Cl)cc3)c2)c1O. The molecule has 0 aliphatic carbocycles. The lowest BCUT2D eigenvalue weighted by Crippen LogP contribution is -2.30. The van der Waals surface area contributed by atoms with Crippen LogP contribution in [-0.2, 0) is 29.5 Å². The van der Waals surface area contributed by atoms with E-state index in [9.17, 15) is 22.7 Å². The summed E-state index contributed by atoms with van der Waals surface area (Å²) >= 11 is 12.4. The standard InChI is InChI=1S/C35H28Cl2FNO4S/c36-29-14-12-27(13-15-29)28-8-4-7-26(19-28)23-39(22-25-9-16-31(38)17-10-25)44(42,43)34-21-30(37)20-32(35(34)41)33(40)18-11-24-5-2-1-3-6-24/h1-10,12-17,19-21,41H,11,18,22-23H2. The minimum Gasteiger partial charge on any atom is -0.506 e. The fraction of sp³-hybridized carbons (Fsp3) is 0.114. The van der Waals surface area contributed by atoms with Crippen molar-refractivity contribution in [1.29, 1.82) is 0 Å². The molecule has 0 spiro atoms. The number of phenolic OH excluding ortho intramolecular Hbond substituents is 1. The van der Waals surface area contributed by atoms with E-state index in [0.717, 1.165) is 22.8 Å². The largest absolute Gasteiger partial charge is 0.506 e. The van der Waals surface area contributed by atoms with Gasteiger partial charge in [-0.05, 0) is 76.7 Å². The molecule has 1 N–H and O–H groups in total. The van der Waals surface area contributed by atoms with Gasteiger partial charge in [0.25, 0.3) is 0 Å². The quantitative estimate of drug-likeness (QED) is 0.146. The van der Waals surface area contributed by atoms with Gasteiger partial charge in [0, 0.05) is 29.6 Å². The van der Waals surface area contributed by atoms with Gasteiger partial charge in [-0.1, -0.05) is 96.0 Å². The maximum absolute atomic E-state index is 14.2. The van der Waals surface area contributed by atoms with Gasteiger partial charge in [-0.3, -0.25) is 4.79 Å². The lowest BCUT2D eigenvalue weighted by molar-refractivity contribution is 0.0980. The summed E-state index contributed by atoms with van der Waals surface area (Å²) in [5, 5.41) is 11.8. The number of rotatable bonds is 11. The second-order valence-electron chi connectivity index (χ2n) is 10.3. The Labute approximate surface area is 266 Å². The third kappa shape index (κ3) is 7.55. The number of carbonyl (C=O) groups is 1. The van der Waals surface area contributed by atoms with Crippen LogP contribution in [-0.4, -0.2) is 23.6 Å². The molecular formula is C35H28Cl2FNO4S. The van der Waals surface area contributed by atoms with Crippen molar-refractivity contribution in [2.75, 3.05) is 0 Å². The Bertz CT molecular complexity index is 1880. The van der Waals surface area contributed by atoms with Gasteiger partial charge in [0.1, 0.15) is 16.5 Å². The molecule has 0 fully saturated rings. The average molecular weight is 649 g/mol. The van der Waals surface area contributed by atoms with Crippen molar-refractivity contribution in [2.24, 2.45) is 0 Å². The molecule has 0 saturated heterocycles. The van der Waals surface area contributed by atoms with Crippen molar-refractivity contribution >= 4 is 39.0 Å². The van der Waals surface area contributed by atoms with Crippen molar-refractivity contribution in [3.05, 3.63) is 153 Å². The van der Waals surface area contributed by atoms with Gasteiger partial charge in [-0.15, -0.1) is 0 Å². The second kappa shape index (κ2) is 13.7. The zero-order chi connectivity index (χ0) is 31.3. The molecule has 0 atom stereocenters. The molecule has 0 heterocycles. The Morgan fingerprint density at radius 2 is 1.36 bits per heavy atom. The van der Waals surface area contributed by atoms with Crippen LogP contribution in [0.25, 0.3) is 11.1 Å². The van der Waals surface area contributed by atoms with Crippen LogP contribution in [0.15, 0.2) is 120 Å². The smallest absolute Gasteiger partial charge is 0.247 e. The molecule has 0 saturated carbocycles. The Kier molecular flexibility index (Phi) is 9.81. The van der Waals surface area contributed by atoms with E-state index in [1.54, 1.807) is 18.2 Å². The molecular weight excluding hydrogens is 620 g/mol. The van der Waals surface area contributed by atoms with Crippen molar-refractivity contribution in [3.63, 3.8) is 0 Å². The third-order valence-electron chi connectivity index (χ3n) is 7.18. The number of benzene rings is 5. The van der Waals surface area contributed by atoms with Crippen LogP contribution in [0, 0.1) is 5.82 Å². The summed E-state index contributed by atoms with van der Waals surface area (Å²) < 4.78 is 43.3. The van der Waals surface area contributed by atoms with Crippen molar-refractivity contribution in [2.45, 2.75) is 30.8 Å². The molecule has 0 aliphatic rings. The van der Waals surface area contributed by atoms with Crippen LogP contribution in [0.4, 0.5) is 4.39 Å². The summed E-state index contributed by atoms with van der Waals surface area (Å²) in [4.78, 5) is 12.7. The number of Topliss-reactive ketones (excluding diaryl/α,β-unsaturated/α-hetero) is 1. The summed E-state index contributed by atoms with van der Waals surface area (Å²) in [5.74, 6) is -1.55. The van der Waals surface area contributed by atoms with E-state index < -0.39 is 32.3 Å². The molecule has 0 aromatic heterocycles. The van der Waals surface area contributed by atoms with Gasteiger partial charge in [-0.25, -0.2) is 12.8 Å². The van der Waals surface area contributed by atoms with Crippen LogP contribution >= 0.6 is 23.2 Å². The zero-order valence-corrected chi connectivity index (χ0v) is 25.8. The molecule has 0 radical (unpaired) electrons. The topological polar surface area (TPSA) is 74.7 Å². The van der Waals surface area contributed by atoms with E-state index in [1.165, 1.54) is 34.6 Å². The van der Waals surface area contributed by atoms with Gasteiger partial charge in [0.05, 0.1) is 5.56 Å². The summed E-state index contributed by atoms with van der Waals surface area (Å²) in [7, 11) is -4.43. The first kappa shape index (κ1) is 31.4. The molecule has 5 rings (SSSR count). The predicted molar refractivity (Wildman–Crippen MR) is 172 cm³/mol. The van der Waals surface area contributed by atoms with E-state index in [-0.39, 0.29) is 30.1 Å². The number of aryl methyl sites for hydroxylation is 1. The maximum Gasteiger partial charge on any atom is 0.247 e. The van der Waals surface area contributed by atoms with Gasteiger partial charge in [0.2, 0.25) is 10.0 Å². The van der Waals surface area contributed by atoms with E-state index in [2.05, 4.69) is 0 Å². The highest BCUT2D eigenvalue weighted by Crippen LogP contribution is 2.35. The van der Waals surface area contributed by atoms with Gasteiger partial charge < -0.3 is 5.11 Å². The molecule has 224 valence electrons. The fourth-order valence-corrected chi connectivity index (χ4v) is 6.83. The monoisotopic (exact) mass is 647 g/mol. The lowest BCUT2D eigenvalue weighted by atomic mass is 10.0. The number of hydrogen-bond donors (Lipinski definition) is 1. The minimum atomic E-state index is -4.43. The number of sulfonamides is 1. The summed E-state index contributed by atoms with van der Waals surface area (Å²) in [6.07, 6.45) is 0.461. The first-order valence-corrected chi connectivity index (χ1v) is 16.0. The molecule has 5 aromatic rings. The van der Waals surface area contributed by atoms with Crippen LogP contribution in [0.1, 0.15) is 33.5 Å². The van der Waals surface area contributed by atoms with Crippen LogP contribution < -0.4 is 0 Å². The number of carbonyl (C=O) groups excluding carboxylic acids is 1. The van der Waals surface area contributed by atoms with Gasteiger partial charge in [-0.2, -0.15) is 4.31 Å².